The molecule has 1 aliphatic heterocycles. The molecule has 0 aromatic heterocycles. The molecule has 2 unspecified atom stereocenters. The van der Waals surface area contributed by atoms with Crippen molar-refractivity contribution in [2.45, 2.75) is 38.5 Å². The second-order valence-corrected chi connectivity index (χ2v) is 5.56. The van der Waals surface area contributed by atoms with Gasteiger partial charge >= 0.3 is 0 Å². The number of nitrogens with one attached hydrogen (secondary N) is 2. The molecule has 1 heterocycles. The van der Waals surface area contributed by atoms with Gasteiger partial charge < -0.3 is 15.7 Å². The lowest BCUT2D eigenvalue weighted by atomic mass is 10.0. The SMILES string of the molecule is O=C(NCC1CCCC1O)c1ccc2c(c1)CNC2. The van der Waals surface area contributed by atoms with Gasteiger partial charge in [-0.25, -0.2) is 0 Å². The third kappa shape index (κ3) is 2.65. The van der Waals surface area contributed by atoms with Crippen molar-refractivity contribution in [2.75, 3.05) is 6.54 Å². The van der Waals surface area contributed by atoms with Gasteiger partial charge in [0.1, 0.15) is 0 Å². The predicted molar refractivity (Wildman–Crippen MR) is 72.7 cm³/mol. The van der Waals surface area contributed by atoms with E-state index in [1.807, 2.05) is 18.2 Å². The van der Waals surface area contributed by atoms with Gasteiger partial charge in [-0.15, -0.1) is 0 Å². The highest BCUT2D eigenvalue weighted by Gasteiger charge is 2.25. The number of aliphatic hydroxyl groups is 1. The minimum Gasteiger partial charge on any atom is -0.393 e. The first-order chi connectivity index (χ1) is 9.24. The minimum absolute atomic E-state index is 0.0335. The number of hydrogen-bond donors (Lipinski definition) is 3. The van der Waals surface area contributed by atoms with Crippen molar-refractivity contribution >= 4 is 5.91 Å². The summed E-state index contributed by atoms with van der Waals surface area (Å²) < 4.78 is 0. The van der Waals surface area contributed by atoms with Gasteiger partial charge in [0.2, 0.25) is 0 Å². The lowest BCUT2D eigenvalue weighted by molar-refractivity contribution is 0.0916. The van der Waals surface area contributed by atoms with E-state index in [0.29, 0.717) is 6.54 Å². The molecule has 0 radical (unpaired) electrons. The van der Waals surface area contributed by atoms with E-state index in [-0.39, 0.29) is 17.9 Å². The van der Waals surface area contributed by atoms with Crippen LogP contribution in [0.25, 0.3) is 0 Å². The number of fused-ring (bicyclic) bond motifs is 1. The number of rotatable bonds is 3. The third-order valence-corrected chi connectivity index (χ3v) is 4.24. The third-order valence-electron chi connectivity index (χ3n) is 4.24. The van der Waals surface area contributed by atoms with Crippen molar-refractivity contribution < 1.29 is 9.90 Å². The summed E-state index contributed by atoms with van der Waals surface area (Å²) in [6.07, 6.45) is 2.69. The van der Waals surface area contributed by atoms with Gasteiger partial charge in [-0.1, -0.05) is 12.5 Å². The molecule has 0 saturated heterocycles. The second kappa shape index (κ2) is 5.31. The largest absolute Gasteiger partial charge is 0.393 e. The maximum atomic E-state index is 12.1. The van der Waals surface area contributed by atoms with E-state index < -0.39 is 0 Å². The zero-order valence-electron chi connectivity index (χ0n) is 11.0. The van der Waals surface area contributed by atoms with Crippen molar-refractivity contribution in [3.8, 4) is 0 Å². The zero-order chi connectivity index (χ0) is 13.2. The maximum absolute atomic E-state index is 12.1. The van der Waals surface area contributed by atoms with Crippen molar-refractivity contribution in [1.82, 2.24) is 10.6 Å². The number of carbonyl (C=O) groups is 1. The van der Waals surface area contributed by atoms with Gasteiger partial charge in [0.15, 0.2) is 0 Å². The van der Waals surface area contributed by atoms with Gasteiger partial charge in [-0.2, -0.15) is 0 Å². The zero-order valence-corrected chi connectivity index (χ0v) is 11.0. The number of hydrogen-bond acceptors (Lipinski definition) is 3. The van der Waals surface area contributed by atoms with Gasteiger partial charge in [-0.05, 0) is 36.1 Å². The van der Waals surface area contributed by atoms with Crippen LogP contribution in [-0.2, 0) is 13.1 Å². The Bertz CT molecular complexity index is 487. The molecular formula is C15H20N2O2. The summed E-state index contributed by atoms with van der Waals surface area (Å²) in [6.45, 7) is 2.32. The highest BCUT2D eigenvalue weighted by atomic mass is 16.3. The van der Waals surface area contributed by atoms with Crippen LogP contribution in [0.15, 0.2) is 18.2 Å². The van der Waals surface area contributed by atoms with Crippen LogP contribution >= 0.6 is 0 Å². The summed E-state index contributed by atoms with van der Waals surface area (Å²) in [4.78, 5) is 12.1. The van der Waals surface area contributed by atoms with Gasteiger partial charge in [0, 0.05) is 31.1 Å². The lowest BCUT2D eigenvalue weighted by Crippen LogP contribution is -2.32. The summed E-state index contributed by atoms with van der Waals surface area (Å²) >= 11 is 0. The van der Waals surface area contributed by atoms with E-state index in [2.05, 4.69) is 10.6 Å². The Morgan fingerprint density at radius 1 is 1.32 bits per heavy atom. The van der Waals surface area contributed by atoms with E-state index >= 15 is 0 Å². The Kier molecular flexibility index (Phi) is 3.53. The maximum Gasteiger partial charge on any atom is 0.251 e. The molecule has 1 amide bonds. The van der Waals surface area contributed by atoms with Crippen molar-refractivity contribution in [3.05, 3.63) is 34.9 Å². The predicted octanol–water partition coefficient (Wildman–Crippen LogP) is 1.18. The summed E-state index contributed by atoms with van der Waals surface area (Å²) in [7, 11) is 0. The number of carbonyl (C=O) groups excluding carboxylic acids is 1. The monoisotopic (exact) mass is 260 g/mol. The van der Waals surface area contributed by atoms with Crippen molar-refractivity contribution in [1.29, 1.82) is 0 Å². The molecule has 2 aliphatic rings. The van der Waals surface area contributed by atoms with E-state index in [1.165, 1.54) is 11.1 Å². The normalized spacial score (nSPS) is 25.3. The van der Waals surface area contributed by atoms with Gasteiger partial charge in [0.05, 0.1) is 6.10 Å². The summed E-state index contributed by atoms with van der Waals surface area (Å²) in [5.41, 5.74) is 3.21. The molecule has 3 rings (SSSR count). The average molecular weight is 260 g/mol. The molecule has 1 saturated carbocycles. The summed E-state index contributed by atoms with van der Waals surface area (Å²) in [5, 5.41) is 16.0. The van der Waals surface area contributed by atoms with E-state index in [4.69, 9.17) is 0 Å². The van der Waals surface area contributed by atoms with Gasteiger partial charge in [-0.3, -0.25) is 4.79 Å². The van der Waals surface area contributed by atoms with Crippen LogP contribution in [0.2, 0.25) is 0 Å². The van der Waals surface area contributed by atoms with E-state index in [0.717, 1.165) is 37.9 Å². The smallest absolute Gasteiger partial charge is 0.251 e. The quantitative estimate of drug-likeness (QED) is 0.765. The Morgan fingerprint density at radius 2 is 2.16 bits per heavy atom. The molecule has 1 aromatic carbocycles. The summed E-state index contributed by atoms with van der Waals surface area (Å²) in [5.74, 6) is 0.189. The van der Waals surface area contributed by atoms with Crippen LogP contribution in [0.3, 0.4) is 0 Å². The Balaban J connectivity index is 1.61. The second-order valence-electron chi connectivity index (χ2n) is 5.56. The molecule has 1 aromatic rings. The number of amides is 1. The van der Waals surface area contributed by atoms with Gasteiger partial charge in [0.25, 0.3) is 5.91 Å². The topological polar surface area (TPSA) is 61.4 Å². The minimum atomic E-state index is -0.246. The first-order valence-electron chi connectivity index (χ1n) is 7.03. The van der Waals surface area contributed by atoms with Crippen LogP contribution in [0, 0.1) is 5.92 Å². The average Bonchev–Trinajstić information content (AvgIpc) is 3.03. The van der Waals surface area contributed by atoms with Crippen LogP contribution in [-0.4, -0.2) is 23.7 Å². The molecule has 4 nitrogen and oxygen atoms in total. The van der Waals surface area contributed by atoms with E-state index in [1.54, 1.807) is 0 Å². The highest BCUT2D eigenvalue weighted by molar-refractivity contribution is 5.94. The molecule has 0 spiro atoms. The summed E-state index contributed by atoms with van der Waals surface area (Å²) in [6, 6.07) is 5.87. The standard InChI is InChI=1S/C15H20N2O2/c18-14-3-1-2-12(14)9-17-15(19)10-4-5-11-7-16-8-13(11)6-10/h4-6,12,14,16,18H,1-3,7-9H2,(H,17,19). The molecule has 0 bridgehead atoms. The first kappa shape index (κ1) is 12.6. The fourth-order valence-electron chi connectivity index (χ4n) is 3.02. The fourth-order valence-corrected chi connectivity index (χ4v) is 3.02. The van der Waals surface area contributed by atoms with E-state index in [9.17, 15) is 9.90 Å². The van der Waals surface area contributed by atoms with Crippen molar-refractivity contribution in [2.24, 2.45) is 5.92 Å². The first-order valence-corrected chi connectivity index (χ1v) is 7.03. The highest BCUT2D eigenvalue weighted by Crippen LogP contribution is 2.24. The molecule has 2 atom stereocenters. The molecule has 4 heteroatoms. The van der Waals surface area contributed by atoms with Crippen LogP contribution in [0.5, 0.6) is 0 Å². The lowest BCUT2D eigenvalue weighted by Gasteiger charge is -2.15. The Morgan fingerprint density at radius 3 is 2.95 bits per heavy atom. The van der Waals surface area contributed by atoms with Crippen LogP contribution < -0.4 is 10.6 Å². The molecule has 1 fully saturated rings. The van der Waals surface area contributed by atoms with Crippen LogP contribution in [0.4, 0.5) is 0 Å². The Labute approximate surface area is 113 Å². The molecule has 3 N–H and O–H groups in total. The fraction of sp³-hybridized carbons (Fsp3) is 0.533. The Hall–Kier alpha value is -1.39. The molecule has 102 valence electrons. The molecule has 1 aliphatic carbocycles. The molecular weight excluding hydrogens is 240 g/mol. The number of aliphatic hydroxyl groups excluding tert-OH is 1. The van der Waals surface area contributed by atoms with Crippen LogP contribution in [0.1, 0.15) is 40.7 Å². The number of benzene rings is 1. The molecule has 19 heavy (non-hydrogen) atoms. The van der Waals surface area contributed by atoms with Crippen molar-refractivity contribution in [3.63, 3.8) is 0 Å².